The maximum absolute atomic E-state index is 12.2. The molecule has 0 aromatic heterocycles. The molecule has 0 aliphatic carbocycles. The van der Waals surface area contributed by atoms with E-state index in [9.17, 15) is 9.59 Å². The van der Waals surface area contributed by atoms with Crippen LogP contribution in [-0.2, 0) is 16.0 Å². The number of rotatable bonds is 9. The average Bonchev–Trinajstić information content (AvgIpc) is 2.68. The molecule has 2 aromatic rings. The van der Waals surface area contributed by atoms with Crippen molar-refractivity contribution >= 4 is 17.5 Å². The van der Waals surface area contributed by atoms with Crippen LogP contribution in [0.1, 0.15) is 18.9 Å². The van der Waals surface area contributed by atoms with Gasteiger partial charge in [0.1, 0.15) is 0 Å². The van der Waals surface area contributed by atoms with Crippen LogP contribution in [0.4, 0.5) is 5.69 Å². The molecular weight excluding hydrogens is 344 g/mol. The van der Waals surface area contributed by atoms with Gasteiger partial charge in [-0.1, -0.05) is 30.3 Å². The van der Waals surface area contributed by atoms with Gasteiger partial charge in [-0.05, 0) is 24.1 Å². The Morgan fingerprint density at radius 2 is 1.67 bits per heavy atom. The zero-order chi connectivity index (χ0) is 19.6. The van der Waals surface area contributed by atoms with E-state index in [-0.39, 0.29) is 18.2 Å². The molecule has 0 spiro atoms. The summed E-state index contributed by atoms with van der Waals surface area (Å²) < 4.78 is 10.4. The molecule has 0 fully saturated rings. The number of hydrogen-bond donors (Lipinski definition) is 1. The van der Waals surface area contributed by atoms with Crippen LogP contribution in [0.25, 0.3) is 0 Å². The quantitative estimate of drug-likeness (QED) is 0.736. The van der Waals surface area contributed by atoms with Gasteiger partial charge in [-0.3, -0.25) is 9.59 Å². The minimum atomic E-state index is -0.159. The minimum absolute atomic E-state index is 0.0372. The fourth-order valence-corrected chi connectivity index (χ4v) is 2.71. The van der Waals surface area contributed by atoms with Gasteiger partial charge < -0.3 is 19.7 Å². The first kappa shape index (κ1) is 20.3. The van der Waals surface area contributed by atoms with Crippen molar-refractivity contribution in [1.29, 1.82) is 0 Å². The second-order valence-electron chi connectivity index (χ2n) is 6.11. The number of nitrogens with zero attached hydrogens (tertiary/aromatic N) is 1. The topological polar surface area (TPSA) is 67.9 Å². The number of nitrogens with one attached hydrogen (secondary N) is 1. The van der Waals surface area contributed by atoms with Gasteiger partial charge in [-0.25, -0.2) is 0 Å². The number of methoxy groups -OCH3 is 2. The molecule has 6 heteroatoms. The van der Waals surface area contributed by atoms with Gasteiger partial charge in [0, 0.05) is 38.2 Å². The normalized spacial score (nSPS) is 10.2. The summed E-state index contributed by atoms with van der Waals surface area (Å²) in [6.45, 7) is 2.49. The summed E-state index contributed by atoms with van der Waals surface area (Å²) in [6.07, 6.45) is 0.987. The van der Waals surface area contributed by atoms with Gasteiger partial charge in [-0.15, -0.1) is 0 Å². The zero-order valence-electron chi connectivity index (χ0n) is 16.0. The zero-order valence-corrected chi connectivity index (χ0v) is 16.0. The van der Waals surface area contributed by atoms with Crippen molar-refractivity contribution < 1.29 is 19.1 Å². The molecule has 6 nitrogen and oxygen atoms in total. The molecule has 0 saturated heterocycles. The number of carbonyl (C=O) groups excluding carboxylic acids is 2. The van der Waals surface area contributed by atoms with E-state index < -0.39 is 0 Å². The monoisotopic (exact) mass is 370 g/mol. The van der Waals surface area contributed by atoms with Crippen molar-refractivity contribution in [3.8, 4) is 11.5 Å². The molecule has 2 rings (SSSR count). The molecule has 144 valence electrons. The van der Waals surface area contributed by atoms with Crippen LogP contribution in [0.15, 0.2) is 48.5 Å². The molecule has 0 unspecified atom stereocenters. The van der Waals surface area contributed by atoms with E-state index in [4.69, 9.17) is 9.47 Å². The summed E-state index contributed by atoms with van der Waals surface area (Å²) in [4.78, 5) is 25.8. The van der Waals surface area contributed by atoms with Crippen LogP contribution in [0.5, 0.6) is 11.5 Å². The number of benzene rings is 2. The summed E-state index contributed by atoms with van der Waals surface area (Å²) >= 11 is 0. The highest BCUT2D eigenvalue weighted by molar-refractivity contribution is 5.91. The lowest BCUT2D eigenvalue weighted by Crippen LogP contribution is -2.33. The average molecular weight is 370 g/mol. The van der Waals surface area contributed by atoms with Crippen molar-refractivity contribution in [2.75, 3.05) is 32.6 Å². The highest BCUT2D eigenvalue weighted by atomic mass is 16.5. The van der Waals surface area contributed by atoms with Crippen molar-refractivity contribution in [1.82, 2.24) is 4.90 Å². The minimum Gasteiger partial charge on any atom is -0.493 e. The van der Waals surface area contributed by atoms with E-state index >= 15 is 0 Å². The lowest BCUT2D eigenvalue weighted by molar-refractivity contribution is -0.129. The Labute approximate surface area is 160 Å². The van der Waals surface area contributed by atoms with E-state index in [1.165, 1.54) is 12.5 Å². The molecule has 0 atom stereocenters. The molecule has 0 saturated carbocycles. The first-order valence-electron chi connectivity index (χ1n) is 8.84. The third kappa shape index (κ3) is 6.33. The van der Waals surface area contributed by atoms with Gasteiger partial charge in [0.05, 0.1) is 14.2 Å². The number of amides is 2. The first-order valence-corrected chi connectivity index (χ1v) is 8.84. The maximum atomic E-state index is 12.2. The van der Waals surface area contributed by atoms with Crippen molar-refractivity contribution in [3.05, 3.63) is 54.1 Å². The van der Waals surface area contributed by atoms with Crippen molar-refractivity contribution in [2.24, 2.45) is 0 Å². The Hall–Kier alpha value is -3.02. The predicted octanol–water partition coefficient (Wildman–Crippen LogP) is 3.12. The van der Waals surface area contributed by atoms with Crippen LogP contribution in [0, 0.1) is 0 Å². The maximum Gasteiger partial charge on any atom is 0.226 e. The summed E-state index contributed by atoms with van der Waals surface area (Å²) in [7, 11) is 3.10. The van der Waals surface area contributed by atoms with Crippen LogP contribution < -0.4 is 14.8 Å². The fourth-order valence-electron chi connectivity index (χ4n) is 2.71. The Bertz CT molecular complexity index is 762. The van der Waals surface area contributed by atoms with Crippen LogP contribution in [0.3, 0.4) is 0 Å². The van der Waals surface area contributed by atoms with Crippen LogP contribution in [0.2, 0.25) is 0 Å². The predicted molar refractivity (Wildman–Crippen MR) is 105 cm³/mol. The Balaban J connectivity index is 1.87. The fraction of sp³-hybridized carbons (Fsp3) is 0.333. The van der Waals surface area contributed by atoms with E-state index in [1.54, 1.807) is 37.3 Å². The molecular formula is C21H26N2O4. The highest BCUT2D eigenvalue weighted by Gasteiger charge is 2.12. The van der Waals surface area contributed by atoms with Gasteiger partial charge in [-0.2, -0.15) is 0 Å². The van der Waals surface area contributed by atoms with E-state index in [2.05, 4.69) is 5.32 Å². The van der Waals surface area contributed by atoms with Crippen molar-refractivity contribution in [3.63, 3.8) is 0 Å². The largest absolute Gasteiger partial charge is 0.493 e. The van der Waals surface area contributed by atoms with E-state index in [0.29, 0.717) is 30.3 Å². The van der Waals surface area contributed by atoms with Gasteiger partial charge in [0.2, 0.25) is 11.8 Å². The molecule has 27 heavy (non-hydrogen) atoms. The number of ether oxygens (including phenoxy) is 2. The summed E-state index contributed by atoms with van der Waals surface area (Å²) in [6, 6.07) is 15.2. The highest BCUT2D eigenvalue weighted by Crippen LogP contribution is 2.29. The van der Waals surface area contributed by atoms with E-state index in [0.717, 1.165) is 6.42 Å². The Morgan fingerprint density at radius 1 is 0.963 bits per heavy atom. The lowest BCUT2D eigenvalue weighted by atomic mass is 10.1. The molecule has 2 amide bonds. The van der Waals surface area contributed by atoms with Gasteiger partial charge >= 0.3 is 0 Å². The van der Waals surface area contributed by atoms with Gasteiger partial charge in [0.25, 0.3) is 0 Å². The summed E-state index contributed by atoms with van der Waals surface area (Å²) in [5, 5.41) is 2.82. The molecule has 0 bridgehead atoms. The molecule has 0 aliphatic rings. The third-order valence-corrected chi connectivity index (χ3v) is 4.23. The smallest absolute Gasteiger partial charge is 0.226 e. The number of carbonyl (C=O) groups is 2. The SMILES string of the molecule is COc1ccc(NC(=O)CCN(CCc2ccccc2)C(C)=O)cc1OC. The Morgan fingerprint density at radius 3 is 2.30 bits per heavy atom. The first-order chi connectivity index (χ1) is 13.0. The molecule has 0 aliphatic heterocycles. The summed E-state index contributed by atoms with van der Waals surface area (Å²) in [5.74, 6) is 0.945. The van der Waals surface area contributed by atoms with Gasteiger partial charge in [0.15, 0.2) is 11.5 Å². The van der Waals surface area contributed by atoms with E-state index in [1.807, 2.05) is 30.3 Å². The standard InChI is InChI=1S/C21H26N2O4/c1-16(24)23(13-11-17-7-5-4-6-8-17)14-12-21(25)22-18-9-10-19(26-2)20(15-18)27-3/h4-10,15H,11-14H2,1-3H3,(H,22,25). The summed E-state index contributed by atoms with van der Waals surface area (Å²) in [5.41, 5.74) is 1.79. The second-order valence-corrected chi connectivity index (χ2v) is 6.11. The molecule has 0 radical (unpaired) electrons. The number of anilines is 1. The third-order valence-electron chi connectivity index (χ3n) is 4.23. The second kappa shape index (κ2) is 10.2. The molecule has 1 N–H and O–H groups in total. The van der Waals surface area contributed by atoms with Crippen LogP contribution >= 0.6 is 0 Å². The molecule has 2 aromatic carbocycles. The Kier molecular flexibility index (Phi) is 7.67. The number of hydrogen-bond acceptors (Lipinski definition) is 4. The van der Waals surface area contributed by atoms with Crippen molar-refractivity contribution in [2.45, 2.75) is 19.8 Å². The molecule has 0 heterocycles. The lowest BCUT2D eigenvalue weighted by Gasteiger charge is -2.21. The van der Waals surface area contributed by atoms with Crippen LogP contribution in [-0.4, -0.2) is 44.0 Å².